The third-order valence-electron chi connectivity index (χ3n) is 5.27. The number of allylic oxidation sites excluding steroid dienone is 1. The van der Waals surface area contributed by atoms with Gasteiger partial charge in [0.25, 0.3) is 0 Å². The van der Waals surface area contributed by atoms with Crippen LogP contribution < -0.4 is 0 Å². The fraction of sp³-hybridized carbons (Fsp3) is 0.300. The zero-order chi connectivity index (χ0) is 18.4. The second-order valence-electron chi connectivity index (χ2n) is 6.75. The third kappa shape index (κ3) is 3.08. The minimum atomic E-state index is -0.247. The van der Waals surface area contributed by atoms with Gasteiger partial charge in [0.2, 0.25) is 0 Å². The number of hydrogen-bond donors (Lipinski definition) is 0. The van der Waals surface area contributed by atoms with E-state index in [9.17, 15) is 4.79 Å². The number of benzene rings is 1. The molecule has 3 nitrogen and oxygen atoms in total. The Morgan fingerprint density at radius 3 is 2.58 bits per heavy atom. The van der Waals surface area contributed by atoms with Crippen LogP contribution >= 0.6 is 39.1 Å². The summed E-state index contributed by atoms with van der Waals surface area (Å²) in [6, 6.07) is 9.52. The lowest BCUT2D eigenvalue weighted by atomic mass is 9.66. The average Bonchev–Trinajstić information content (AvgIpc) is 2.90. The van der Waals surface area contributed by atoms with Crippen LogP contribution in [0.4, 0.5) is 0 Å². The van der Waals surface area contributed by atoms with E-state index in [1.165, 1.54) is 0 Å². The van der Waals surface area contributed by atoms with Gasteiger partial charge in [-0.3, -0.25) is 9.78 Å². The van der Waals surface area contributed by atoms with Gasteiger partial charge >= 0.3 is 5.97 Å². The van der Waals surface area contributed by atoms with Gasteiger partial charge in [0.15, 0.2) is 0 Å². The van der Waals surface area contributed by atoms with Crippen LogP contribution in [0.3, 0.4) is 0 Å². The molecule has 2 aromatic rings. The highest BCUT2D eigenvalue weighted by molar-refractivity contribution is 9.10. The summed E-state index contributed by atoms with van der Waals surface area (Å²) in [5.41, 5.74) is 1.90. The summed E-state index contributed by atoms with van der Waals surface area (Å²) in [4.78, 5) is 16.9. The summed E-state index contributed by atoms with van der Waals surface area (Å²) in [5.74, 6) is -0.424. The number of carbonyl (C=O) groups excluding carboxylic acids is 1. The summed E-state index contributed by atoms with van der Waals surface area (Å²) in [7, 11) is 0. The van der Waals surface area contributed by atoms with Gasteiger partial charge in [-0.15, -0.1) is 0 Å². The molecule has 1 aromatic carbocycles. The van der Waals surface area contributed by atoms with Gasteiger partial charge in [0.05, 0.1) is 5.92 Å². The Balaban J connectivity index is 1.85. The van der Waals surface area contributed by atoms with E-state index in [1.54, 1.807) is 12.3 Å². The molecule has 134 valence electrons. The quantitative estimate of drug-likeness (QED) is 0.429. The van der Waals surface area contributed by atoms with Gasteiger partial charge in [-0.05, 0) is 52.7 Å². The van der Waals surface area contributed by atoms with Crippen molar-refractivity contribution in [2.45, 2.75) is 24.9 Å². The van der Waals surface area contributed by atoms with Crippen LogP contribution in [0.25, 0.3) is 0 Å². The van der Waals surface area contributed by atoms with Crippen LogP contribution in [0.2, 0.25) is 10.0 Å². The number of rotatable bonds is 2. The first-order valence-electron chi connectivity index (χ1n) is 8.41. The molecule has 1 saturated heterocycles. The maximum absolute atomic E-state index is 12.3. The van der Waals surface area contributed by atoms with Gasteiger partial charge in [-0.2, -0.15) is 0 Å². The van der Waals surface area contributed by atoms with Gasteiger partial charge < -0.3 is 4.74 Å². The largest absolute Gasteiger partial charge is 0.462 e. The van der Waals surface area contributed by atoms with Crippen LogP contribution in [0.5, 0.6) is 0 Å². The van der Waals surface area contributed by atoms with Crippen molar-refractivity contribution in [3.05, 3.63) is 74.5 Å². The van der Waals surface area contributed by atoms with Crippen molar-refractivity contribution in [1.82, 2.24) is 4.98 Å². The fourth-order valence-electron chi connectivity index (χ4n) is 4.14. The van der Waals surface area contributed by atoms with E-state index in [2.05, 4.69) is 27.0 Å². The molecule has 4 rings (SSSR count). The Morgan fingerprint density at radius 1 is 1.12 bits per heavy atom. The van der Waals surface area contributed by atoms with Crippen molar-refractivity contribution in [2.75, 3.05) is 0 Å². The maximum Gasteiger partial charge on any atom is 0.313 e. The first kappa shape index (κ1) is 18.0. The topological polar surface area (TPSA) is 39.2 Å². The molecule has 0 spiro atoms. The van der Waals surface area contributed by atoms with Crippen molar-refractivity contribution in [3.63, 3.8) is 0 Å². The second-order valence-corrected chi connectivity index (χ2v) is 8.51. The molecule has 0 bridgehead atoms. The number of aromatic nitrogens is 1. The number of carbonyl (C=O) groups is 1. The second kappa shape index (κ2) is 6.99. The number of nitrogens with zero attached hydrogens (tertiary/aromatic N) is 1. The first-order chi connectivity index (χ1) is 12.5. The summed E-state index contributed by atoms with van der Waals surface area (Å²) in [5, 5.41) is 1.22. The van der Waals surface area contributed by atoms with E-state index < -0.39 is 0 Å². The number of ether oxygens (including phenoxy) is 1. The van der Waals surface area contributed by atoms with E-state index in [0.29, 0.717) is 10.0 Å². The highest BCUT2D eigenvalue weighted by Gasteiger charge is 2.50. The highest BCUT2D eigenvalue weighted by atomic mass is 79.9. The first-order valence-corrected chi connectivity index (χ1v) is 9.96. The summed E-state index contributed by atoms with van der Waals surface area (Å²) >= 11 is 16.0. The fourth-order valence-corrected chi connectivity index (χ4v) is 4.91. The summed E-state index contributed by atoms with van der Waals surface area (Å²) in [6.45, 7) is 1.95. The molecule has 0 radical (unpaired) electrons. The molecule has 0 amide bonds. The number of esters is 1. The number of fused-ring (bicyclic) bond motifs is 1. The molecule has 0 N–H and O–H groups in total. The Hall–Kier alpha value is -1.36. The zero-order valence-electron chi connectivity index (χ0n) is 13.9. The zero-order valence-corrected chi connectivity index (χ0v) is 17.0. The normalized spacial score (nSPS) is 30.2. The lowest BCUT2D eigenvalue weighted by Gasteiger charge is -2.36. The molecule has 5 atom stereocenters. The average molecular weight is 453 g/mol. The highest BCUT2D eigenvalue weighted by Crippen LogP contribution is 2.51. The molecule has 0 saturated carbocycles. The van der Waals surface area contributed by atoms with Crippen molar-refractivity contribution in [2.24, 2.45) is 11.8 Å². The molecular weight excluding hydrogens is 437 g/mol. The monoisotopic (exact) mass is 451 g/mol. The molecule has 1 aliphatic heterocycles. The third-order valence-corrected chi connectivity index (χ3v) is 6.30. The molecule has 1 aliphatic carbocycles. The van der Waals surface area contributed by atoms with Crippen LogP contribution in [-0.4, -0.2) is 17.1 Å². The molecule has 2 heterocycles. The van der Waals surface area contributed by atoms with Gasteiger partial charge in [-0.25, -0.2) is 0 Å². The Labute approximate surface area is 170 Å². The number of cyclic esters (lactones) is 1. The van der Waals surface area contributed by atoms with Crippen molar-refractivity contribution in [1.29, 1.82) is 0 Å². The Kier molecular flexibility index (Phi) is 4.84. The standard InChI is InChI=1S/C20H16BrCl2NO2/c1-10-18-15(20(25)26-10)6-5-14(13-4-3-12(22)8-16(13)23)19(18)17-7-2-11(21)9-24-17/h2-10,14-15,18-19H,1H3/t10-,14-,15-,18-,19-/m1/s1. The van der Waals surface area contributed by atoms with Gasteiger partial charge in [0.1, 0.15) is 6.10 Å². The maximum atomic E-state index is 12.3. The molecule has 1 aromatic heterocycles. The predicted octanol–water partition coefficient (Wildman–Crippen LogP) is 5.77. The van der Waals surface area contributed by atoms with E-state index in [-0.39, 0.29) is 35.7 Å². The van der Waals surface area contributed by atoms with E-state index >= 15 is 0 Å². The van der Waals surface area contributed by atoms with Gasteiger partial charge in [-0.1, -0.05) is 41.4 Å². The number of hydrogen-bond acceptors (Lipinski definition) is 3. The van der Waals surface area contributed by atoms with Crippen LogP contribution in [0.15, 0.2) is 53.2 Å². The minimum absolute atomic E-state index is 0.00774. The molecule has 6 heteroatoms. The van der Waals surface area contributed by atoms with Crippen molar-refractivity contribution >= 4 is 45.1 Å². The SMILES string of the molecule is C[C@H]1OC(=O)[C@@H]2C=C[C@H](c3ccc(Cl)cc3Cl)[C@H](c3ccc(Br)cn3)[C@H]12. The van der Waals surface area contributed by atoms with Gasteiger partial charge in [0, 0.05) is 44.2 Å². The molecule has 1 fully saturated rings. The van der Waals surface area contributed by atoms with E-state index in [0.717, 1.165) is 15.7 Å². The van der Waals surface area contributed by atoms with Crippen LogP contribution in [0, 0.1) is 11.8 Å². The Morgan fingerprint density at radius 2 is 1.88 bits per heavy atom. The minimum Gasteiger partial charge on any atom is -0.462 e. The molecule has 26 heavy (non-hydrogen) atoms. The van der Waals surface area contributed by atoms with Crippen molar-refractivity contribution < 1.29 is 9.53 Å². The summed E-state index contributed by atoms with van der Waals surface area (Å²) < 4.78 is 6.45. The number of halogens is 3. The van der Waals surface area contributed by atoms with Crippen LogP contribution in [0.1, 0.15) is 30.0 Å². The Bertz CT molecular complexity index is 884. The molecule has 0 unspecified atom stereocenters. The number of pyridine rings is 1. The lowest BCUT2D eigenvalue weighted by molar-refractivity contribution is -0.142. The van der Waals surface area contributed by atoms with E-state index in [1.807, 2.05) is 37.3 Å². The van der Waals surface area contributed by atoms with Crippen molar-refractivity contribution in [3.8, 4) is 0 Å². The van der Waals surface area contributed by atoms with E-state index in [4.69, 9.17) is 27.9 Å². The molecular formula is C20H16BrCl2NO2. The van der Waals surface area contributed by atoms with Crippen LogP contribution in [-0.2, 0) is 9.53 Å². The lowest BCUT2D eigenvalue weighted by Crippen LogP contribution is -2.32. The summed E-state index contributed by atoms with van der Waals surface area (Å²) in [6.07, 6.45) is 5.62. The predicted molar refractivity (Wildman–Crippen MR) is 106 cm³/mol. The molecule has 2 aliphatic rings. The smallest absolute Gasteiger partial charge is 0.313 e.